The van der Waals surface area contributed by atoms with Crippen molar-refractivity contribution >= 4 is 5.97 Å². The summed E-state index contributed by atoms with van der Waals surface area (Å²) in [6, 6.07) is 0. The van der Waals surface area contributed by atoms with Crippen LogP contribution in [0.25, 0.3) is 0 Å². The Labute approximate surface area is 218 Å². The largest absolute Gasteiger partial charge is 0.481 e. The molecule has 36 heavy (non-hydrogen) atoms. The quantitative estimate of drug-likeness (QED) is 0.465. The van der Waals surface area contributed by atoms with E-state index < -0.39 is 23.4 Å². The van der Waals surface area contributed by atoms with Crippen molar-refractivity contribution in [2.75, 3.05) is 20.3 Å². The van der Waals surface area contributed by atoms with Crippen molar-refractivity contribution < 1.29 is 24.5 Å². The molecule has 0 unspecified atom stereocenters. The molecular formula is C31H50O5. The number of hydrogen-bond acceptors (Lipinski definition) is 4. The van der Waals surface area contributed by atoms with E-state index in [9.17, 15) is 15.0 Å². The molecule has 2 N–H and O–H groups in total. The Balaban J connectivity index is 1.64. The van der Waals surface area contributed by atoms with Crippen molar-refractivity contribution in [2.45, 2.75) is 99.2 Å². The highest BCUT2D eigenvalue weighted by atomic mass is 16.5. The molecule has 5 aliphatic rings. The molecule has 4 fully saturated rings. The van der Waals surface area contributed by atoms with Crippen LogP contribution in [0.1, 0.15) is 87.0 Å². The molecule has 3 saturated carbocycles. The fourth-order valence-corrected chi connectivity index (χ4v) is 10.8. The van der Waals surface area contributed by atoms with E-state index >= 15 is 0 Å². The van der Waals surface area contributed by atoms with E-state index in [4.69, 9.17) is 9.47 Å². The molecule has 0 aromatic heterocycles. The molecule has 0 spiro atoms. The zero-order chi connectivity index (χ0) is 26.5. The fraction of sp³-hybridized carbons (Fsp3) is 0.903. The lowest BCUT2D eigenvalue weighted by Crippen LogP contribution is -2.70. The third-order valence-electron chi connectivity index (χ3n) is 13.3. The number of ether oxygens (including phenoxy) is 2. The maximum absolute atomic E-state index is 13.1. The maximum atomic E-state index is 13.1. The Hall–Kier alpha value is -0.910. The number of carbonyl (C=O) groups is 1. The second-order valence-corrected chi connectivity index (χ2v) is 14.8. The summed E-state index contributed by atoms with van der Waals surface area (Å²) in [6.07, 6.45) is 7.30. The molecule has 204 valence electrons. The highest BCUT2D eigenvalue weighted by Crippen LogP contribution is 2.74. The van der Waals surface area contributed by atoms with Gasteiger partial charge in [-0.25, -0.2) is 0 Å². The van der Waals surface area contributed by atoms with Crippen molar-refractivity contribution in [2.24, 2.45) is 56.7 Å². The van der Waals surface area contributed by atoms with E-state index in [1.54, 1.807) is 7.11 Å². The minimum atomic E-state index is -0.632. The van der Waals surface area contributed by atoms with Crippen LogP contribution in [0.3, 0.4) is 0 Å². The molecule has 5 heteroatoms. The number of aliphatic hydroxyl groups is 1. The molecule has 5 rings (SSSR count). The van der Waals surface area contributed by atoms with Crippen molar-refractivity contribution in [1.82, 2.24) is 0 Å². The smallest absolute Gasteiger partial charge is 0.307 e. The number of aliphatic hydroxyl groups excluding tert-OH is 1. The summed E-state index contributed by atoms with van der Waals surface area (Å²) in [6.45, 7) is 17.3. The molecule has 1 saturated heterocycles. The summed E-state index contributed by atoms with van der Waals surface area (Å²) in [5, 5.41) is 22.7. The van der Waals surface area contributed by atoms with Gasteiger partial charge in [-0.2, -0.15) is 0 Å². The van der Waals surface area contributed by atoms with Gasteiger partial charge in [-0.05, 0) is 83.9 Å². The Morgan fingerprint density at radius 1 is 1.08 bits per heavy atom. The summed E-state index contributed by atoms with van der Waals surface area (Å²) in [7, 11) is 1.73. The molecule has 0 amide bonds. The maximum Gasteiger partial charge on any atom is 0.307 e. The van der Waals surface area contributed by atoms with Crippen LogP contribution in [0, 0.1) is 56.7 Å². The monoisotopic (exact) mass is 502 g/mol. The molecule has 1 aliphatic heterocycles. The highest BCUT2D eigenvalue weighted by molar-refractivity contribution is 5.73. The average Bonchev–Trinajstić information content (AvgIpc) is 2.81. The average molecular weight is 503 g/mol. The summed E-state index contributed by atoms with van der Waals surface area (Å²) < 4.78 is 12.2. The standard InChI is InChI=1S/C31H50O5/c1-18(2)19(3)28(5)13-14-29(6)20-9-10-23-27(4)15-22(35-8)25(32)31(23,17-36-16-27)21(20)11-12-30(29,7)24(28)26(33)34/h11,18-20,22-25,32H,9-10,12-17H2,1-8H3,(H,33,34)/t19-,20+,22-,23-,24-,25+,27-,28-,29-,30+,31+/m1/s1. The number of rotatable bonds is 4. The number of aliphatic carboxylic acids is 1. The van der Waals surface area contributed by atoms with Crippen molar-refractivity contribution in [1.29, 1.82) is 0 Å². The Morgan fingerprint density at radius 3 is 2.39 bits per heavy atom. The first-order chi connectivity index (χ1) is 16.7. The van der Waals surface area contributed by atoms with E-state index in [1.807, 2.05) is 0 Å². The lowest BCUT2D eigenvalue weighted by molar-refractivity contribution is -0.258. The van der Waals surface area contributed by atoms with Gasteiger partial charge in [0.15, 0.2) is 0 Å². The highest BCUT2D eigenvalue weighted by Gasteiger charge is 2.72. The lowest BCUT2D eigenvalue weighted by Gasteiger charge is -2.71. The molecule has 2 bridgehead atoms. The fourth-order valence-electron chi connectivity index (χ4n) is 10.8. The van der Waals surface area contributed by atoms with Crippen LogP contribution in [-0.2, 0) is 14.3 Å². The van der Waals surface area contributed by atoms with Gasteiger partial charge in [0.2, 0.25) is 0 Å². The van der Waals surface area contributed by atoms with Crippen LogP contribution in [0.15, 0.2) is 11.6 Å². The zero-order valence-electron chi connectivity index (χ0n) is 23.9. The lowest BCUT2D eigenvalue weighted by atomic mass is 9.34. The Morgan fingerprint density at radius 2 is 1.78 bits per heavy atom. The van der Waals surface area contributed by atoms with Gasteiger partial charge in [0.05, 0.1) is 31.3 Å². The van der Waals surface area contributed by atoms with Crippen LogP contribution in [0.5, 0.6) is 0 Å². The van der Waals surface area contributed by atoms with Gasteiger partial charge in [-0.1, -0.05) is 60.1 Å². The van der Waals surface area contributed by atoms with Gasteiger partial charge in [-0.15, -0.1) is 0 Å². The number of fused-ring (bicyclic) bond motifs is 3. The van der Waals surface area contributed by atoms with Gasteiger partial charge in [0.25, 0.3) is 0 Å². The topological polar surface area (TPSA) is 76.0 Å². The van der Waals surface area contributed by atoms with Gasteiger partial charge < -0.3 is 19.7 Å². The third kappa shape index (κ3) is 3.09. The first kappa shape index (κ1) is 26.7. The molecule has 1 heterocycles. The van der Waals surface area contributed by atoms with E-state index in [-0.39, 0.29) is 33.7 Å². The van der Waals surface area contributed by atoms with Crippen LogP contribution in [0.2, 0.25) is 0 Å². The summed E-state index contributed by atoms with van der Waals surface area (Å²) in [4.78, 5) is 13.1. The van der Waals surface area contributed by atoms with E-state index in [2.05, 4.69) is 54.5 Å². The van der Waals surface area contributed by atoms with Crippen LogP contribution < -0.4 is 0 Å². The Kier molecular flexibility index (Phi) is 6.15. The first-order valence-corrected chi connectivity index (χ1v) is 14.4. The number of carboxylic acids is 1. The molecule has 5 nitrogen and oxygen atoms in total. The molecule has 4 aliphatic carbocycles. The van der Waals surface area contributed by atoms with E-state index in [0.717, 1.165) is 45.1 Å². The predicted molar refractivity (Wildman–Crippen MR) is 140 cm³/mol. The van der Waals surface area contributed by atoms with Crippen LogP contribution in [0.4, 0.5) is 0 Å². The van der Waals surface area contributed by atoms with Crippen LogP contribution >= 0.6 is 0 Å². The number of carboxylic acid groups (broad SMARTS) is 1. The van der Waals surface area contributed by atoms with Crippen molar-refractivity contribution in [3.63, 3.8) is 0 Å². The second kappa shape index (κ2) is 8.29. The van der Waals surface area contributed by atoms with Crippen molar-refractivity contribution in [3.05, 3.63) is 11.6 Å². The minimum Gasteiger partial charge on any atom is -0.481 e. The third-order valence-corrected chi connectivity index (χ3v) is 13.3. The predicted octanol–water partition coefficient (Wildman–Crippen LogP) is 5.95. The summed E-state index contributed by atoms with van der Waals surface area (Å²) in [5.74, 6) is 0.382. The minimum absolute atomic E-state index is 0.00689. The van der Waals surface area contributed by atoms with E-state index in [1.165, 1.54) is 5.57 Å². The van der Waals surface area contributed by atoms with Gasteiger partial charge in [0, 0.05) is 12.5 Å². The van der Waals surface area contributed by atoms with E-state index in [0.29, 0.717) is 24.4 Å². The second-order valence-electron chi connectivity index (χ2n) is 14.8. The number of methoxy groups -OCH3 is 1. The first-order valence-electron chi connectivity index (χ1n) is 14.4. The molecule has 0 aromatic carbocycles. The van der Waals surface area contributed by atoms with Gasteiger partial charge in [-0.3, -0.25) is 4.79 Å². The number of allylic oxidation sites excluding steroid dienone is 1. The van der Waals surface area contributed by atoms with Crippen LogP contribution in [-0.4, -0.2) is 48.7 Å². The Bertz CT molecular complexity index is 943. The zero-order valence-corrected chi connectivity index (χ0v) is 23.9. The van der Waals surface area contributed by atoms with Gasteiger partial charge >= 0.3 is 5.97 Å². The molecular weight excluding hydrogens is 452 g/mol. The SMILES string of the molecule is CO[C@@H]1C[C@]2(C)COC[C@@]3(C4=CC[C@@]5(C)[C@H](C(=O)O)[C@@](C)([C@H](C)C(C)C)CC[C@]5(C)[C@H]4CC[C@H]23)[C@H]1O. The summed E-state index contributed by atoms with van der Waals surface area (Å²) >= 11 is 0. The molecule has 11 atom stereocenters. The normalized spacial score (nSPS) is 53.1. The van der Waals surface area contributed by atoms with Gasteiger partial charge in [0.1, 0.15) is 0 Å². The molecule has 0 aromatic rings. The number of hydrogen-bond donors (Lipinski definition) is 2. The van der Waals surface area contributed by atoms with Crippen molar-refractivity contribution in [3.8, 4) is 0 Å². The summed E-state index contributed by atoms with van der Waals surface area (Å²) in [5.41, 5.74) is 0.211. The molecule has 0 radical (unpaired) electrons.